The molecule has 0 aliphatic carbocycles. The Morgan fingerprint density at radius 2 is 0.885 bits per heavy atom. The molecule has 2 aliphatic heterocycles. The van der Waals surface area contributed by atoms with Gasteiger partial charge in [-0.25, -0.2) is 4.98 Å². The van der Waals surface area contributed by atoms with Gasteiger partial charge < -0.3 is 9.97 Å². The van der Waals surface area contributed by atoms with Gasteiger partial charge in [-0.15, -0.1) is 0 Å². The third-order valence-electron chi connectivity index (χ3n) is 10.4. The van der Waals surface area contributed by atoms with Crippen molar-refractivity contribution in [2.75, 3.05) is 0 Å². The lowest BCUT2D eigenvalue weighted by Crippen LogP contribution is -1.99. The normalized spacial score (nSPS) is 13.8. The first-order chi connectivity index (χ1) is 25.7. The molecule has 252 valence electrons. The van der Waals surface area contributed by atoms with Crippen LogP contribution in [0.2, 0.25) is 0 Å². The van der Waals surface area contributed by atoms with Crippen LogP contribution in [0.1, 0.15) is 54.9 Å². The van der Waals surface area contributed by atoms with E-state index in [4.69, 9.17) is 9.97 Å². The molecule has 0 saturated carbocycles. The molecule has 8 bridgehead atoms. The van der Waals surface area contributed by atoms with E-state index in [-0.39, 0.29) is 5.92 Å². The lowest BCUT2D eigenvalue weighted by atomic mass is 9.89. The van der Waals surface area contributed by atoms with Gasteiger partial charge in [0.15, 0.2) is 0 Å². The van der Waals surface area contributed by atoms with Gasteiger partial charge in [-0.05, 0) is 71.5 Å². The van der Waals surface area contributed by atoms with Crippen LogP contribution in [0.3, 0.4) is 0 Å². The van der Waals surface area contributed by atoms with Gasteiger partial charge in [0.2, 0.25) is 0 Å². The van der Waals surface area contributed by atoms with Crippen LogP contribution < -0.4 is 0 Å². The molecule has 0 spiro atoms. The summed E-state index contributed by atoms with van der Waals surface area (Å²) in [6.45, 7) is 2.28. The molecule has 2 aliphatic rings. The van der Waals surface area contributed by atoms with Crippen molar-refractivity contribution < 1.29 is 0 Å². The number of fused-ring (bicyclic) bond motifs is 8. The zero-order valence-corrected chi connectivity index (χ0v) is 29.3. The highest BCUT2D eigenvalue weighted by atomic mass is 14.8. The van der Waals surface area contributed by atoms with Gasteiger partial charge in [-0.3, -0.25) is 4.98 Å². The Hall–Kier alpha value is -6.26. The number of nitrogens with one attached hydrogen (secondary N) is 2. The number of hydrogen-bond donors (Lipinski definition) is 2. The molecule has 9 rings (SSSR count). The van der Waals surface area contributed by atoms with E-state index >= 15 is 0 Å². The Morgan fingerprint density at radius 3 is 1.35 bits per heavy atom. The Bertz CT molecular complexity index is 2560. The van der Waals surface area contributed by atoms with E-state index in [1.54, 1.807) is 0 Å². The maximum atomic E-state index is 5.69. The smallest absolute Gasteiger partial charge is 0.0737 e. The third kappa shape index (κ3) is 5.86. The maximum absolute atomic E-state index is 5.69. The average molecular weight is 673 g/mol. The SMILES string of the molecule is CCCC[C@@H]1Cc2nc1c(-c1ccccc1)c1ccc([nH]1)c(-c1ccccc1)c1nc(c(-c3ccccc3)c3ccc([nH]3)c2-c2ccccc2)C=C1. The van der Waals surface area contributed by atoms with Crippen molar-refractivity contribution in [3.8, 4) is 44.5 Å². The van der Waals surface area contributed by atoms with Crippen LogP contribution in [0.4, 0.5) is 0 Å². The molecule has 4 aromatic carbocycles. The Kier molecular flexibility index (Phi) is 8.42. The topological polar surface area (TPSA) is 57.4 Å². The molecular weight excluding hydrogens is 633 g/mol. The molecule has 4 heteroatoms. The number of hydrogen-bond acceptors (Lipinski definition) is 2. The largest absolute Gasteiger partial charge is 0.354 e. The summed E-state index contributed by atoms with van der Waals surface area (Å²) in [5, 5.41) is 0. The minimum Gasteiger partial charge on any atom is -0.354 e. The summed E-state index contributed by atoms with van der Waals surface area (Å²) < 4.78 is 0. The molecule has 4 nitrogen and oxygen atoms in total. The number of rotatable bonds is 7. The molecular formula is C48H40N4. The molecule has 0 fully saturated rings. The monoisotopic (exact) mass is 672 g/mol. The summed E-state index contributed by atoms with van der Waals surface area (Å²) in [7, 11) is 0. The standard InChI is InChI=1S/C48H40N4/c1-2-3-16-36-31-43-46(34-21-12-6-13-22-34)41-28-27-39(50-41)44(32-17-8-4-9-18-32)37-25-26-38(49-37)45(33-19-10-5-11-20-33)40-29-30-42(51-40)47(48(36)52-43)35-23-14-7-15-24-35/h4-15,17-30,36,50-51H,2-3,16,31H2,1H3/t36-/m1/s1. The van der Waals surface area contributed by atoms with Gasteiger partial charge in [0.1, 0.15) is 0 Å². The van der Waals surface area contributed by atoms with Crippen molar-refractivity contribution in [3.05, 3.63) is 168 Å². The van der Waals surface area contributed by atoms with Crippen LogP contribution in [0, 0.1) is 0 Å². The molecule has 0 saturated heterocycles. The lowest BCUT2D eigenvalue weighted by molar-refractivity contribution is 0.597. The van der Waals surface area contributed by atoms with E-state index in [2.05, 4.69) is 175 Å². The van der Waals surface area contributed by atoms with Crippen molar-refractivity contribution >= 4 is 34.2 Å². The zero-order valence-electron chi connectivity index (χ0n) is 29.3. The molecule has 0 radical (unpaired) electrons. The van der Waals surface area contributed by atoms with Crippen LogP contribution >= 0.6 is 0 Å². The second kappa shape index (κ2) is 13.8. The van der Waals surface area contributed by atoms with Gasteiger partial charge in [-0.2, -0.15) is 0 Å². The van der Waals surface area contributed by atoms with Gasteiger partial charge in [0, 0.05) is 50.2 Å². The van der Waals surface area contributed by atoms with Crippen LogP contribution in [-0.4, -0.2) is 19.9 Å². The van der Waals surface area contributed by atoms with E-state index in [0.29, 0.717) is 0 Å². The van der Waals surface area contributed by atoms with Crippen molar-refractivity contribution in [1.82, 2.24) is 19.9 Å². The Balaban J connectivity index is 1.48. The minimum absolute atomic E-state index is 0.281. The number of aromatic nitrogens is 4. The number of H-pyrrole nitrogens is 2. The molecule has 52 heavy (non-hydrogen) atoms. The highest BCUT2D eigenvalue weighted by Crippen LogP contribution is 2.42. The van der Waals surface area contributed by atoms with Crippen LogP contribution in [0.25, 0.3) is 78.7 Å². The predicted molar refractivity (Wildman–Crippen MR) is 218 cm³/mol. The molecule has 5 heterocycles. The first kappa shape index (κ1) is 31.7. The fourth-order valence-electron chi connectivity index (χ4n) is 7.95. The summed E-state index contributed by atoms with van der Waals surface area (Å²) in [4.78, 5) is 18.9. The van der Waals surface area contributed by atoms with E-state index in [0.717, 1.165) is 109 Å². The second-order valence-corrected chi connectivity index (χ2v) is 13.7. The summed E-state index contributed by atoms with van der Waals surface area (Å²) in [5.74, 6) is 0.281. The van der Waals surface area contributed by atoms with Gasteiger partial charge in [-0.1, -0.05) is 141 Å². The molecule has 3 aromatic heterocycles. The summed E-state index contributed by atoms with van der Waals surface area (Å²) in [6.07, 6.45) is 8.57. The maximum Gasteiger partial charge on any atom is 0.0737 e. The fraction of sp³-hybridized carbons (Fsp3) is 0.125. The van der Waals surface area contributed by atoms with Crippen LogP contribution in [-0.2, 0) is 6.42 Å². The zero-order chi connectivity index (χ0) is 34.9. The third-order valence-corrected chi connectivity index (χ3v) is 10.4. The van der Waals surface area contributed by atoms with Gasteiger partial charge in [0.25, 0.3) is 0 Å². The summed E-state index contributed by atoms with van der Waals surface area (Å²) in [5.41, 5.74) is 17.3. The van der Waals surface area contributed by atoms with E-state index < -0.39 is 0 Å². The predicted octanol–water partition coefficient (Wildman–Crippen LogP) is 12.7. The Morgan fingerprint density at radius 1 is 0.481 bits per heavy atom. The number of aromatic amines is 2. The lowest BCUT2D eigenvalue weighted by Gasteiger charge is -2.13. The minimum atomic E-state index is 0.281. The average Bonchev–Trinajstić information content (AvgIpc) is 4.03. The summed E-state index contributed by atoms with van der Waals surface area (Å²) in [6, 6.07) is 51.7. The van der Waals surface area contributed by atoms with Gasteiger partial charge in [0.05, 0.1) is 22.8 Å². The highest BCUT2D eigenvalue weighted by Gasteiger charge is 2.27. The molecule has 2 N–H and O–H groups in total. The van der Waals surface area contributed by atoms with E-state index in [9.17, 15) is 0 Å². The summed E-state index contributed by atoms with van der Waals surface area (Å²) >= 11 is 0. The number of benzene rings is 4. The van der Waals surface area contributed by atoms with Crippen molar-refractivity contribution in [1.29, 1.82) is 0 Å². The Labute approximate surface area is 304 Å². The molecule has 1 atom stereocenters. The van der Waals surface area contributed by atoms with E-state index in [1.807, 2.05) is 0 Å². The number of unbranched alkanes of at least 4 members (excludes halogenated alkanes) is 1. The number of nitrogens with zero attached hydrogens (tertiary/aromatic N) is 2. The van der Waals surface area contributed by atoms with E-state index in [1.165, 1.54) is 5.56 Å². The van der Waals surface area contributed by atoms with Crippen molar-refractivity contribution in [2.45, 2.75) is 38.5 Å². The highest BCUT2D eigenvalue weighted by molar-refractivity contribution is 5.97. The molecule has 0 amide bonds. The quantitative estimate of drug-likeness (QED) is 0.177. The van der Waals surface area contributed by atoms with Crippen molar-refractivity contribution in [3.63, 3.8) is 0 Å². The molecule has 0 unspecified atom stereocenters. The first-order valence-corrected chi connectivity index (χ1v) is 18.4. The van der Waals surface area contributed by atoms with Crippen LogP contribution in [0.5, 0.6) is 0 Å². The first-order valence-electron chi connectivity index (χ1n) is 18.4. The van der Waals surface area contributed by atoms with Crippen molar-refractivity contribution in [2.24, 2.45) is 0 Å². The fourth-order valence-corrected chi connectivity index (χ4v) is 7.95. The van der Waals surface area contributed by atoms with Gasteiger partial charge >= 0.3 is 0 Å². The second-order valence-electron chi connectivity index (χ2n) is 13.7. The van der Waals surface area contributed by atoms with Crippen LogP contribution in [0.15, 0.2) is 146 Å². The molecule has 7 aromatic rings.